The van der Waals surface area contributed by atoms with Crippen LogP contribution in [-0.4, -0.2) is 70.4 Å². The molecule has 0 radical (unpaired) electrons. The molecule has 0 saturated carbocycles. The van der Waals surface area contributed by atoms with Gasteiger partial charge < -0.3 is 20.1 Å². The summed E-state index contributed by atoms with van der Waals surface area (Å²) in [6, 6.07) is 7.18. The smallest absolute Gasteiger partial charge is 0.253 e. The van der Waals surface area contributed by atoms with Crippen LogP contribution in [0, 0.1) is 0 Å². The quantitative estimate of drug-likeness (QED) is 0.738. The third-order valence-electron chi connectivity index (χ3n) is 5.30. The van der Waals surface area contributed by atoms with Crippen LogP contribution in [0.4, 0.5) is 5.69 Å². The maximum Gasteiger partial charge on any atom is 0.253 e. The molecule has 1 fully saturated rings. The lowest BCUT2D eigenvalue weighted by Crippen LogP contribution is -2.49. The number of imidazole rings is 1. The van der Waals surface area contributed by atoms with Crippen LogP contribution in [0.2, 0.25) is 0 Å². The molecule has 8 nitrogen and oxygen atoms in total. The van der Waals surface area contributed by atoms with Gasteiger partial charge in [-0.1, -0.05) is 6.07 Å². The highest BCUT2D eigenvalue weighted by atomic mass is 16.2. The van der Waals surface area contributed by atoms with Crippen LogP contribution in [0.5, 0.6) is 0 Å². The second-order valence-electron chi connectivity index (χ2n) is 7.19. The molecule has 2 amide bonds. The SMILES string of the molecule is CCN(CC)C(=O)c1cccc(NC(=O)CN2CCNCC2c2nccn2C)c1. The second-order valence-corrected chi connectivity index (χ2v) is 7.19. The van der Waals surface area contributed by atoms with E-state index in [1.54, 1.807) is 29.3 Å². The number of carbonyl (C=O) groups excluding carboxylic acids is 2. The molecule has 8 heteroatoms. The van der Waals surface area contributed by atoms with Crippen LogP contribution < -0.4 is 10.6 Å². The number of amides is 2. The number of hydrogen-bond donors (Lipinski definition) is 2. The van der Waals surface area contributed by atoms with Crippen LogP contribution in [0.3, 0.4) is 0 Å². The Morgan fingerprint density at radius 2 is 2.10 bits per heavy atom. The molecule has 2 aromatic rings. The van der Waals surface area contributed by atoms with Crippen molar-refractivity contribution >= 4 is 17.5 Å². The number of rotatable bonds is 7. The van der Waals surface area contributed by atoms with Crippen LogP contribution in [0.25, 0.3) is 0 Å². The fraction of sp³-hybridized carbons (Fsp3) is 0.476. The van der Waals surface area contributed by atoms with Gasteiger partial charge >= 0.3 is 0 Å². The molecule has 3 rings (SSSR count). The monoisotopic (exact) mass is 398 g/mol. The van der Waals surface area contributed by atoms with Gasteiger partial charge in [0, 0.05) is 63.4 Å². The van der Waals surface area contributed by atoms with Crippen LogP contribution >= 0.6 is 0 Å². The summed E-state index contributed by atoms with van der Waals surface area (Å²) < 4.78 is 1.99. The molecule has 2 heterocycles. The van der Waals surface area contributed by atoms with Crippen LogP contribution in [-0.2, 0) is 11.8 Å². The molecule has 1 saturated heterocycles. The summed E-state index contributed by atoms with van der Waals surface area (Å²) in [5.41, 5.74) is 1.22. The fourth-order valence-corrected chi connectivity index (χ4v) is 3.70. The van der Waals surface area contributed by atoms with E-state index in [0.717, 1.165) is 25.5 Å². The first-order valence-electron chi connectivity index (χ1n) is 10.1. The van der Waals surface area contributed by atoms with Crippen molar-refractivity contribution in [3.8, 4) is 0 Å². The zero-order valence-corrected chi connectivity index (χ0v) is 17.4. The summed E-state index contributed by atoms with van der Waals surface area (Å²) in [4.78, 5) is 33.6. The molecule has 1 atom stereocenters. The molecule has 29 heavy (non-hydrogen) atoms. The van der Waals surface area contributed by atoms with Crippen molar-refractivity contribution in [3.05, 3.63) is 48.0 Å². The van der Waals surface area contributed by atoms with E-state index >= 15 is 0 Å². The Morgan fingerprint density at radius 3 is 2.79 bits per heavy atom. The number of benzene rings is 1. The zero-order valence-electron chi connectivity index (χ0n) is 17.4. The molecule has 0 bridgehead atoms. The standard InChI is InChI=1S/C21H30N6O2/c1-4-26(5-2)21(29)16-7-6-8-17(13-16)24-19(28)15-27-12-9-22-14-18(27)20-23-10-11-25(20)3/h6-8,10-11,13,18,22H,4-5,9,12,14-15H2,1-3H3,(H,24,28). The van der Waals surface area contributed by atoms with Gasteiger partial charge in [0.25, 0.3) is 5.91 Å². The van der Waals surface area contributed by atoms with Crippen molar-refractivity contribution in [2.45, 2.75) is 19.9 Å². The lowest BCUT2D eigenvalue weighted by molar-refractivity contribution is -0.118. The van der Waals surface area contributed by atoms with Crippen molar-refractivity contribution in [3.63, 3.8) is 0 Å². The van der Waals surface area contributed by atoms with Crippen molar-refractivity contribution < 1.29 is 9.59 Å². The van der Waals surface area contributed by atoms with Gasteiger partial charge in [-0.25, -0.2) is 4.98 Å². The number of nitrogens with one attached hydrogen (secondary N) is 2. The van der Waals surface area contributed by atoms with Crippen molar-refractivity contribution in [2.75, 3.05) is 44.6 Å². The Labute approximate surface area is 171 Å². The number of hydrogen-bond acceptors (Lipinski definition) is 5. The van der Waals surface area contributed by atoms with E-state index in [9.17, 15) is 9.59 Å². The van der Waals surface area contributed by atoms with Gasteiger partial charge in [0.1, 0.15) is 5.82 Å². The molecule has 1 unspecified atom stereocenters. The molecule has 1 aliphatic heterocycles. The normalized spacial score (nSPS) is 17.1. The number of anilines is 1. The number of piperazine rings is 1. The minimum Gasteiger partial charge on any atom is -0.339 e. The van der Waals surface area contributed by atoms with E-state index < -0.39 is 0 Å². The van der Waals surface area contributed by atoms with Crippen LogP contribution in [0.1, 0.15) is 36.1 Å². The lowest BCUT2D eigenvalue weighted by atomic mass is 10.1. The highest BCUT2D eigenvalue weighted by molar-refractivity contribution is 5.97. The maximum atomic E-state index is 12.7. The minimum absolute atomic E-state index is 0.0250. The molecular formula is C21H30N6O2. The number of aromatic nitrogens is 2. The van der Waals surface area contributed by atoms with Crippen molar-refractivity contribution in [2.24, 2.45) is 7.05 Å². The van der Waals surface area contributed by atoms with Gasteiger partial charge in [-0.15, -0.1) is 0 Å². The van der Waals surface area contributed by atoms with E-state index in [2.05, 4.69) is 20.5 Å². The molecule has 156 valence electrons. The highest BCUT2D eigenvalue weighted by Gasteiger charge is 2.28. The van der Waals surface area contributed by atoms with Gasteiger partial charge in [0.2, 0.25) is 5.91 Å². The Kier molecular flexibility index (Phi) is 7.00. The fourth-order valence-electron chi connectivity index (χ4n) is 3.70. The number of carbonyl (C=O) groups is 2. The van der Waals surface area contributed by atoms with Crippen molar-refractivity contribution in [1.82, 2.24) is 24.7 Å². The number of nitrogens with zero attached hydrogens (tertiary/aromatic N) is 4. The molecular weight excluding hydrogens is 368 g/mol. The summed E-state index contributed by atoms with van der Waals surface area (Å²) in [6.45, 7) is 7.86. The summed E-state index contributed by atoms with van der Waals surface area (Å²) in [6.07, 6.45) is 3.70. The van der Waals surface area contributed by atoms with Gasteiger partial charge in [-0.2, -0.15) is 0 Å². The first-order chi connectivity index (χ1) is 14.0. The van der Waals surface area contributed by atoms with Gasteiger partial charge in [0.05, 0.1) is 12.6 Å². The molecule has 2 N–H and O–H groups in total. The zero-order chi connectivity index (χ0) is 20.8. The minimum atomic E-state index is -0.0986. The second kappa shape index (κ2) is 9.67. The first kappa shape index (κ1) is 21.0. The van der Waals surface area contributed by atoms with Crippen LogP contribution in [0.15, 0.2) is 36.7 Å². The Morgan fingerprint density at radius 1 is 1.31 bits per heavy atom. The van der Waals surface area contributed by atoms with E-state index in [-0.39, 0.29) is 24.4 Å². The van der Waals surface area contributed by atoms with Crippen molar-refractivity contribution in [1.29, 1.82) is 0 Å². The third-order valence-corrected chi connectivity index (χ3v) is 5.30. The van der Waals surface area contributed by atoms with Gasteiger partial charge in [-0.05, 0) is 32.0 Å². The third kappa shape index (κ3) is 5.02. The summed E-state index contributed by atoms with van der Waals surface area (Å²) in [5, 5.41) is 6.32. The Balaban J connectivity index is 1.66. The van der Waals surface area contributed by atoms with Gasteiger partial charge in [-0.3, -0.25) is 14.5 Å². The summed E-state index contributed by atoms with van der Waals surface area (Å²) >= 11 is 0. The average Bonchev–Trinajstić information content (AvgIpc) is 3.15. The molecule has 1 aromatic carbocycles. The molecule has 1 aromatic heterocycles. The summed E-state index contributed by atoms with van der Waals surface area (Å²) in [7, 11) is 1.97. The van der Waals surface area contributed by atoms with Gasteiger partial charge in [0.15, 0.2) is 0 Å². The maximum absolute atomic E-state index is 12.7. The predicted octanol–water partition coefficient (Wildman–Crippen LogP) is 1.49. The molecule has 0 aliphatic carbocycles. The lowest BCUT2D eigenvalue weighted by Gasteiger charge is -2.35. The summed E-state index contributed by atoms with van der Waals surface area (Å²) in [5.74, 6) is 0.818. The first-order valence-corrected chi connectivity index (χ1v) is 10.1. The largest absolute Gasteiger partial charge is 0.339 e. The van der Waals surface area contributed by atoms with E-state index in [1.165, 1.54) is 0 Å². The number of aryl methyl sites for hydroxylation is 1. The topological polar surface area (TPSA) is 82.5 Å². The molecule has 1 aliphatic rings. The average molecular weight is 399 g/mol. The Hall–Kier alpha value is -2.71. The van der Waals surface area contributed by atoms with E-state index in [1.807, 2.05) is 37.7 Å². The van der Waals surface area contributed by atoms with E-state index in [4.69, 9.17) is 0 Å². The Bertz CT molecular complexity index is 845. The van der Waals surface area contributed by atoms with E-state index in [0.29, 0.717) is 24.3 Å². The predicted molar refractivity (Wildman–Crippen MR) is 113 cm³/mol. The molecule has 0 spiro atoms. The highest BCUT2D eigenvalue weighted by Crippen LogP contribution is 2.20.